The number of rotatable bonds is 5. The van der Waals surface area contributed by atoms with Gasteiger partial charge in [0.05, 0.1) is 12.7 Å². The van der Waals surface area contributed by atoms with Crippen LogP contribution in [0.5, 0.6) is 11.5 Å². The van der Waals surface area contributed by atoms with Crippen molar-refractivity contribution < 1.29 is 27.4 Å². The second-order valence-electron chi connectivity index (χ2n) is 5.52. The zero-order chi connectivity index (χ0) is 18.6. The molecule has 0 saturated carbocycles. The number of halogens is 3. The van der Waals surface area contributed by atoms with Crippen molar-refractivity contribution in [3.63, 3.8) is 0 Å². The van der Waals surface area contributed by atoms with E-state index in [1.807, 2.05) is 6.92 Å². The van der Waals surface area contributed by atoms with Crippen LogP contribution < -0.4 is 14.8 Å². The van der Waals surface area contributed by atoms with Crippen LogP contribution in [0.1, 0.15) is 16.7 Å². The summed E-state index contributed by atoms with van der Waals surface area (Å²) < 4.78 is 49.2. The molecule has 7 heteroatoms. The molecule has 134 valence electrons. The number of amides is 1. The van der Waals surface area contributed by atoms with Crippen LogP contribution in [0.3, 0.4) is 0 Å². The van der Waals surface area contributed by atoms with Crippen molar-refractivity contribution >= 4 is 11.6 Å². The van der Waals surface area contributed by atoms with Gasteiger partial charge in [0.2, 0.25) is 0 Å². The molecule has 0 atom stereocenters. The predicted molar refractivity (Wildman–Crippen MR) is 88.0 cm³/mol. The summed E-state index contributed by atoms with van der Waals surface area (Å²) >= 11 is 0. The van der Waals surface area contributed by atoms with Gasteiger partial charge in [0.25, 0.3) is 5.91 Å². The van der Waals surface area contributed by atoms with Crippen LogP contribution in [0, 0.1) is 13.8 Å². The quantitative estimate of drug-likeness (QED) is 0.869. The van der Waals surface area contributed by atoms with Gasteiger partial charge in [-0.05, 0) is 49.2 Å². The van der Waals surface area contributed by atoms with E-state index in [9.17, 15) is 18.0 Å². The maximum absolute atomic E-state index is 12.9. The molecule has 2 aromatic carbocycles. The van der Waals surface area contributed by atoms with E-state index in [1.54, 1.807) is 18.2 Å². The third-order valence-corrected chi connectivity index (χ3v) is 3.50. The Bertz CT molecular complexity index is 773. The molecule has 2 rings (SSSR count). The molecule has 0 saturated heterocycles. The molecule has 0 aromatic heterocycles. The Hall–Kier alpha value is -2.70. The van der Waals surface area contributed by atoms with Crippen molar-refractivity contribution in [2.45, 2.75) is 20.0 Å². The molecule has 1 N–H and O–H groups in total. The van der Waals surface area contributed by atoms with Crippen molar-refractivity contribution in [3.05, 3.63) is 53.1 Å². The zero-order valence-electron chi connectivity index (χ0n) is 14.0. The zero-order valence-corrected chi connectivity index (χ0v) is 14.0. The highest BCUT2D eigenvalue weighted by molar-refractivity contribution is 5.92. The van der Waals surface area contributed by atoms with Crippen molar-refractivity contribution in [1.29, 1.82) is 0 Å². The normalized spacial score (nSPS) is 11.1. The fourth-order valence-corrected chi connectivity index (χ4v) is 2.24. The van der Waals surface area contributed by atoms with Crippen LogP contribution in [0.25, 0.3) is 0 Å². The average Bonchev–Trinajstić information content (AvgIpc) is 2.54. The predicted octanol–water partition coefficient (Wildman–Crippen LogP) is 4.35. The van der Waals surface area contributed by atoms with Gasteiger partial charge in [0, 0.05) is 5.69 Å². The standard InChI is InChI=1S/C18H18F3NO3/c1-11-4-7-15(16(8-11)24-3)25-10-17(23)22-13-6-5-12(2)14(9-13)18(19,20)21/h4-9H,10H2,1-3H3,(H,22,23). The SMILES string of the molecule is COc1cc(C)ccc1OCC(=O)Nc1ccc(C)c(C(F)(F)F)c1. The highest BCUT2D eigenvalue weighted by Crippen LogP contribution is 2.33. The summed E-state index contributed by atoms with van der Waals surface area (Å²) in [5.74, 6) is 0.283. The van der Waals surface area contributed by atoms with Crippen LogP contribution in [0.4, 0.5) is 18.9 Å². The number of ether oxygens (including phenoxy) is 2. The monoisotopic (exact) mass is 353 g/mol. The van der Waals surface area contributed by atoms with Gasteiger partial charge in [-0.1, -0.05) is 12.1 Å². The molecule has 0 unspecified atom stereocenters. The van der Waals surface area contributed by atoms with Crippen molar-refractivity contribution in [2.24, 2.45) is 0 Å². The third-order valence-electron chi connectivity index (χ3n) is 3.50. The molecule has 0 radical (unpaired) electrons. The van der Waals surface area contributed by atoms with E-state index in [4.69, 9.17) is 9.47 Å². The summed E-state index contributed by atoms with van der Waals surface area (Å²) in [7, 11) is 1.48. The summed E-state index contributed by atoms with van der Waals surface area (Å²) in [4.78, 5) is 11.9. The Morgan fingerprint density at radius 2 is 1.80 bits per heavy atom. The van der Waals surface area contributed by atoms with Gasteiger partial charge in [-0.2, -0.15) is 13.2 Å². The van der Waals surface area contributed by atoms with Gasteiger partial charge in [-0.25, -0.2) is 0 Å². The minimum absolute atomic E-state index is 0.0578. The Balaban J connectivity index is 2.04. The summed E-state index contributed by atoms with van der Waals surface area (Å²) in [6, 6.07) is 8.83. The molecule has 0 fully saturated rings. The van der Waals surface area contributed by atoms with Gasteiger partial charge in [-0.3, -0.25) is 4.79 Å². The number of carbonyl (C=O) groups is 1. The first-order valence-corrected chi connectivity index (χ1v) is 7.46. The maximum atomic E-state index is 12.9. The van der Waals surface area contributed by atoms with Crippen LogP contribution in [-0.2, 0) is 11.0 Å². The highest BCUT2D eigenvalue weighted by atomic mass is 19.4. The third kappa shape index (κ3) is 4.89. The Labute approximate surface area is 143 Å². The second kappa shape index (κ2) is 7.46. The summed E-state index contributed by atoms with van der Waals surface area (Å²) in [5, 5.41) is 2.40. The molecule has 0 aliphatic rings. The number of alkyl halides is 3. The topological polar surface area (TPSA) is 47.6 Å². The molecule has 25 heavy (non-hydrogen) atoms. The molecular weight excluding hydrogens is 335 g/mol. The largest absolute Gasteiger partial charge is 0.493 e. The van der Waals surface area contributed by atoms with Crippen molar-refractivity contribution in [3.8, 4) is 11.5 Å². The van der Waals surface area contributed by atoms with Crippen LogP contribution in [0.2, 0.25) is 0 Å². The molecule has 0 heterocycles. The van der Waals surface area contributed by atoms with Gasteiger partial charge < -0.3 is 14.8 Å². The molecule has 0 aliphatic heterocycles. The van der Waals surface area contributed by atoms with Gasteiger partial charge in [-0.15, -0.1) is 0 Å². The summed E-state index contributed by atoms with van der Waals surface area (Å²) in [5.41, 5.74) is 0.327. The lowest BCUT2D eigenvalue weighted by molar-refractivity contribution is -0.138. The number of carbonyl (C=O) groups excluding carboxylic acids is 1. The van der Waals surface area contributed by atoms with E-state index in [0.717, 1.165) is 11.6 Å². The van der Waals surface area contributed by atoms with E-state index in [2.05, 4.69) is 5.32 Å². The fourth-order valence-electron chi connectivity index (χ4n) is 2.24. The molecule has 2 aromatic rings. The van der Waals surface area contributed by atoms with Crippen LogP contribution >= 0.6 is 0 Å². The minimum atomic E-state index is -4.48. The Morgan fingerprint density at radius 1 is 1.08 bits per heavy atom. The van der Waals surface area contributed by atoms with Crippen molar-refractivity contribution in [2.75, 3.05) is 19.0 Å². The molecule has 0 spiro atoms. The summed E-state index contributed by atoms with van der Waals surface area (Å²) in [6.45, 7) is 2.89. The van der Waals surface area contributed by atoms with Gasteiger partial charge >= 0.3 is 6.18 Å². The van der Waals surface area contributed by atoms with E-state index < -0.39 is 17.6 Å². The number of hydrogen-bond donors (Lipinski definition) is 1. The van der Waals surface area contributed by atoms with Crippen LogP contribution in [0.15, 0.2) is 36.4 Å². The number of methoxy groups -OCH3 is 1. The van der Waals surface area contributed by atoms with E-state index in [1.165, 1.54) is 26.2 Å². The first kappa shape index (κ1) is 18.6. The molecular formula is C18H18F3NO3. The lowest BCUT2D eigenvalue weighted by atomic mass is 10.1. The number of aryl methyl sites for hydroxylation is 2. The maximum Gasteiger partial charge on any atom is 0.416 e. The lowest BCUT2D eigenvalue weighted by Crippen LogP contribution is -2.21. The first-order valence-electron chi connectivity index (χ1n) is 7.46. The lowest BCUT2D eigenvalue weighted by Gasteiger charge is -2.14. The number of hydrogen-bond acceptors (Lipinski definition) is 3. The number of nitrogens with one attached hydrogen (secondary N) is 1. The van der Waals surface area contributed by atoms with E-state index in [-0.39, 0.29) is 17.9 Å². The van der Waals surface area contributed by atoms with Crippen LogP contribution in [-0.4, -0.2) is 19.6 Å². The highest BCUT2D eigenvalue weighted by Gasteiger charge is 2.32. The Morgan fingerprint density at radius 3 is 2.44 bits per heavy atom. The smallest absolute Gasteiger partial charge is 0.416 e. The second-order valence-corrected chi connectivity index (χ2v) is 5.52. The van der Waals surface area contributed by atoms with Gasteiger partial charge in [0.15, 0.2) is 18.1 Å². The van der Waals surface area contributed by atoms with E-state index in [0.29, 0.717) is 11.5 Å². The number of anilines is 1. The molecule has 0 aliphatic carbocycles. The molecule has 1 amide bonds. The minimum Gasteiger partial charge on any atom is -0.493 e. The molecule has 0 bridgehead atoms. The Kier molecular flexibility index (Phi) is 5.56. The van der Waals surface area contributed by atoms with Crippen molar-refractivity contribution in [1.82, 2.24) is 0 Å². The van der Waals surface area contributed by atoms with E-state index >= 15 is 0 Å². The molecule has 4 nitrogen and oxygen atoms in total. The summed E-state index contributed by atoms with van der Waals surface area (Å²) in [6.07, 6.45) is -4.48. The number of benzene rings is 2. The average molecular weight is 353 g/mol. The van der Waals surface area contributed by atoms with Gasteiger partial charge in [0.1, 0.15) is 0 Å². The first-order chi connectivity index (χ1) is 11.7. The fraction of sp³-hybridized carbons (Fsp3) is 0.278.